The van der Waals surface area contributed by atoms with Gasteiger partial charge in [-0.05, 0) is 37.0 Å². The summed E-state index contributed by atoms with van der Waals surface area (Å²) in [5.41, 5.74) is 3.76. The summed E-state index contributed by atoms with van der Waals surface area (Å²) in [6.07, 6.45) is 2.84. The molecule has 0 radical (unpaired) electrons. The molecule has 1 aromatic heterocycles. The van der Waals surface area contributed by atoms with Gasteiger partial charge in [0, 0.05) is 25.0 Å². The zero-order valence-electron chi connectivity index (χ0n) is 14.4. The van der Waals surface area contributed by atoms with Crippen LogP contribution in [0.15, 0.2) is 30.5 Å². The van der Waals surface area contributed by atoms with Gasteiger partial charge in [-0.1, -0.05) is 31.2 Å². The fourth-order valence-corrected chi connectivity index (χ4v) is 2.82. The Balaban J connectivity index is 2.05. The second-order valence-corrected chi connectivity index (χ2v) is 5.85. The van der Waals surface area contributed by atoms with Crippen molar-refractivity contribution < 1.29 is 14.7 Å². The van der Waals surface area contributed by atoms with Crippen molar-refractivity contribution in [2.24, 2.45) is 0 Å². The summed E-state index contributed by atoms with van der Waals surface area (Å²) >= 11 is 0. The van der Waals surface area contributed by atoms with Crippen molar-refractivity contribution in [3.63, 3.8) is 0 Å². The lowest BCUT2D eigenvalue weighted by atomic mass is 10.1. The maximum atomic E-state index is 12.2. The van der Waals surface area contributed by atoms with Crippen LogP contribution >= 0.6 is 0 Å². The van der Waals surface area contributed by atoms with Gasteiger partial charge < -0.3 is 15.0 Å². The number of carboxylic acid groups (broad SMARTS) is 1. The number of hydrogen-bond donors (Lipinski definition) is 2. The summed E-state index contributed by atoms with van der Waals surface area (Å²) in [6, 6.07) is 8.10. The molecule has 0 aliphatic heterocycles. The third-order valence-electron chi connectivity index (χ3n) is 4.18. The van der Waals surface area contributed by atoms with E-state index in [1.54, 1.807) is 13.1 Å². The van der Waals surface area contributed by atoms with Gasteiger partial charge in [0.2, 0.25) is 5.91 Å². The maximum Gasteiger partial charge on any atom is 0.337 e. The van der Waals surface area contributed by atoms with Gasteiger partial charge in [0.05, 0.1) is 12.0 Å². The molecule has 2 rings (SSSR count). The molecule has 0 aliphatic rings. The van der Waals surface area contributed by atoms with Crippen LogP contribution in [0.25, 0.3) is 0 Å². The van der Waals surface area contributed by atoms with Crippen LogP contribution in [0.2, 0.25) is 0 Å². The van der Waals surface area contributed by atoms with Crippen LogP contribution in [0.3, 0.4) is 0 Å². The molecule has 5 nitrogen and oxygen atoms in total. The van der Waals surface area contributed by atoms with E-state index in [4.69, 9.17) is 0 Å². The van der Waals surface area contributed by atoms with E-state index in [-0.39, 0.29) is 17.9 Å². The topological polar surface area (TPSA) is 71.3 Å². The lowest BCUT2D eigenvalue weighted by molar-refractivity contribution is -0.120. The van der Waals surface area contributed by atoms with E-state index in [2.05, 4.69) is 24.4 Å². The fourth-order valence-electron chi connectivity index (χ4n) is 2.82. The molecule has 5 heteroatoms. The molecule has 1 heterocycles. The van der Waals surface area contributed by atoms with Crippen molar-refractivity contribution in [3.8, 4) is 0 Å². The average molecular weight is 328 g/mol. The third kappa shape index (κ3) is 4.04. The van der Waals surface area contributed by atoms with Crippen LogP contribution in [-0.2, 0) is 30.7 Å². The van der Waals surface area contributed by atoms with E-state index < -0.39 is 5.97 Å². The normalized spacial score (nSPS) is 10.6. The molecule has 0 spiro atoms. The van der Waals surface area contributed by atoms with Crippen molar-refractivity contribution in [1.82, 2.24) is 9.88 Å². The van der Waals surface area contributed by atoms with Crippen LogP contribution < -0.4 is 5.32 Å². The van der Waals surface area contributed by atoms with Crippen molar-refractivity contribution in [3.05, 3.63) is 58.4 Å². The van der Waals surface area contributed by atoms with Gasteiger partial charge in [0.15, 0.2) is 0 Å². The Morgan fingerprint density at radius 3 is 2.29 bits per heavy atom. The number of amides is 1. The largest absolute Gasteiger partial charge is 0.478 e. The number of carbonyl (C=O) groups excluding carboxylic acids is 1. The molecule has 0 unspecified atom stereocenters. The quantitative estimate of drug-likeness (QED) is 0.821. The minimum atomic E-state index is -0.988. The molecule has 2 aromatic rings. The summed E-state index contributed by atoms with van der Waals surface area (Å²) in [4.78, 5) is 23.7. The number of nitrogens with one attached hydrogen (secondary N) is 1. The van der Waals surface area contributed by atoms with Crippen LogP contribution in [0.5, 0.6) is 0 Å². The molecule has 0 fully saturated rings. The summed E-state index contributed by atoms with van der Waals surface area (Å²) in [5, 5.41) is 12.2. The molecule has 1 aromatic carbocycles. The Morgan fingerprint density at radius 2 is 1.75 bits per heavy atom. The number of hydrogen-bond acceptors (Lipinski definition) is 2. The van der Waals surface area contributed by atoms with E-state index in [1.807, 2.05) is 23.6 Å². The number of nitrogens with zero attached hydrogens (tertiary/aromatic N) is 1. The monoisotopic (exact) mass is 328 g/mol. The molecule has 0 saturated heterocycles. The molecule has 2 N–H and O–H groups in total. The van der Waals surface area contributed by atoms with Crippen molar-refractivity contribution >= 4 is 11.9 Å². The highest BCUT2D eigenvalue weighted by Crippen LogP contribution is 2.18. The zero-order valence-corrected chi connectivity index (χ0v) is 14.4. The Morgan fingerprint density at radius 1 is 1.12 bits per heavy atom. The lowest BCUT2D eigenvalue weighted by Crippen LogP contribution is -2.26. The van der Waals surface area contributed by atoms with Gasteiger partial charge in [-0.25, -0.2) is 4.79 Å². The molecule has 0 atom stereocenters. The standard InChI is InChI=1S/C19H24N2O3/c1-4-14-6-8-15(9-7-14)11-20-17(22)10-16-18(19(23)24)13(3)12-21(16)5-2/h6-9,12H,4-5,10-11H2,1-3H3,(H,20,22)(H,23,24). The van der Waals surface area contributed by atoms with Gasteiger partial charge in [0.1, 0.15) is 0 Å². The van der Waals surface area contributed by atoms with Crippen molar-refractivity contribution in [2.45, 2.75) is 46.7 Å². The number of carboxylic acids is 1. The highest BCUT2D eigenvalue weighted by molar-refractivity contribution is 5.93. The highest BCUT2D eigenvalue weighted by atomic mass is 16.4. The highest BCUT2D eigenvalue weighted by Gasteiger charge is 2.20. The summed E-state index contributed by atoms with van der Waals surface area (Å²) < 4.78 is 1.83. The lowest BCUT2D eigenvalue weighted by Gasteiger charge is -2.09. The number of carbonyl (C=O) groups is 2. The SMILES string of the molecule is CCc1ccc(CNC(=O)Cc2c(C(=O)O)c(C)cn2CC)cc1. The van der Waals surface area contributed by atoms with Crippen LogP contribution in [0.1, 0.15) is 46.6 Å². The minimum absolute atomic E-state index is 0.0658. The zero-order chi connectivity index (χ0) is 17.7. The second-order valence-electron chi connectivity index (χ2n) is 5.85. The number of aromatic nitrogens is 1. The predicted octanol–water partition coefficient (Wildman–Crippen LogP) is 2.94. The first-order chi connectivity index (χ1) is 11.5. The minimum Gasteiger partial charge on any atom is -0.478 e. The van der Waals surface area contributed by atoms with Crippen molar-refractivity contribution in [2.75, 3.05) is 0 Å². The average Bonchev–Trinajstić information content (AvgIpc) is 2.88. The fraction of sp³-hybridized carbons (Fsp3) is 0.368. The molecular weight excluding hydrogens is 304 g/mol. The number of benzene rings is 1. The Kier molecular flexibility index (Phi) is 5.79. The smallest absolute Gasteiger partial charge is 0.337 e. The summed E-state index contributed by atoms with van der Waals surface area (Å²) in [6.45, 7) is 6.86. The predicted molar refractivity (Wildman–Crippen MR) is 93.2 cm³/mol. The Bertz CT molecular complexity index is 730. The summed E-state index contributed by atoms with van der Waals surface area (Å²) in [7, 11) is 0. The van der Waals surface area contributed by atoms with Gasteiger partial charge >= 0.3 is 5.97 Å². The van der Waals surface area contributed by atoms with Gasteiger partial charge in [-0.2, -0.15) is 0 Å². The van der Waals surface area contributed by atoms with E-state index in [0.29, 0.717) is 24.3 Å². The van der Waals surface area contributed by atoms with Crippen LogP contribution in [0.4, 0.5) is 0 Å². The molecule has 0 aliphatic carbocycles. The maximum absolute atomic E-state index is 12.2. The number of aryl methyl sites for hydroxylation is 3. The summed E-state index contributed by atoms with van der Waals surface area (Å²) in [5.74, 6) is -1.16. The third-order valence-corrected chi connectivity index (χ3v) is 4.18. The molecule has 1 amide bonds. The molecule has 24 heavy (non-hydrogen) atoms. The van der Waals surface area contributed by atoms with Gasteiger partial charge in [0.25, 0.3) is 0 Å². The van der Waals surface area contributed by atoms with E-state index in [0.717, 1.165) is 12.0 Å². The molecular formula is C19H24N2O3. The van der Waals surface area contributed by atoms with E-state index in [9.17, 15) is 14.7 Å². The van der Waals surface area contributed by atoms with E-state index in [1.165, 1.54) is 5.56 Å². The Labute approximate surface area is 142 Å². The molecule has 128 valence electrons. The van der Waals surface area contributed by atoms with Crippen molar-refractivity contribution in [1.29, 1.82) is 0 Å². The van der Waals surface area contributed by atoms with Gasteiger partial charge in [-0.15, -0.1) is 0 Å². The number of aromatic carboxylic acids is 1. The first-order valence-corrected chi connectivity index (χ1v) is 8.22. The second kappa shape index (κ2) is 7.81. The first-order valence-electron chi connectivity index (χ1n) is 8.22. The van der Waals surface area contributed by atoms with Crippen LogP contribution in [-0.4, -0.2) is 21.6 Å². The Hall–Kier alpha value is -2.56. The molecule has 0 saturated carbocycles. The number of rotatable bonds is 7. The van der Waals surface area contributed by atoms with E-state index >= 15 is 0 Å². The van der Waals surface area contributed by atoms with Gasteiger partial charge in [-0.3, -0.25) is 4.79 Å². The first kappa shape index (κ1) is 17.8. The van der Waals surface area contributed by atoms with Crippen LogP contribution in [0, 0.1) is 6.92 Å². The molecule has 0 bridgehead atoms.